The molecule has 0 saturated carbocycles. The summed E-state index contributed by atoms with van der Waals surface area (Å²) in [7, 11) is 0. The molecule has 0 amide bonds. The molecule has 0 aliphatic heterocycles. The Labute approximate surface area is 134 Å². The summed E-state index contributed by atoms with van der Waals surface area (Å²) in [4.78, 5) is 0. The van der Waals surface area contributed by atoms with E-state index < -0.39 is 0 Å². The van der Waals surface area contributed by atoms with Crippen LogP contribution in [-0.2, 0) is 6.42 Å². The highest BCUT2D eigenvalue weighted by molar-refractivity contribution is 9.10. The van der Waals surface area contributed by atoms with Gasteiger partial charge in [-0.05, 0) is 55.6 Å². The van der Waals surface area contributed by atoms with Gasteiger partial charge in [-0.3, -0.25) is 0 Å². The van der Waals surface area contributed by atoms with Crippen LogP contribution in [0.1, 0.15) is 36.1 Å². The van der Waals surface area contributed by atoms with Crippen LogP contribution in [0.25, 0.3) is 0 Å². The molecular formula is C18H21BrFN. The minimum absolute atomic E-state index is 0.0344. The topological polar surface area (TPSA) is 12.0 Å². The van der Waals surface area contributed by atoms with Crippen molar-refractivity contribution in [1.82, 2.24) is 5.32 Å². The molecule has 0 radical (unpaired) electrons. The Morgan fingerprint density at radius 2 is 1.95 bits per heavy atom. The minimum atomic E-state index is -0.145. The van der Waals surface area contributed by atoms with Gasteiger partial charge in [0.1, 0.15) is 5.82 Å². The van der Waals surface area contributed by atoms with Gasteiger partial charge in [-0.15, -0.1) is 0 Å². The van der Waals surface area contributed by atoms with Crippen LogP contribution < -0.4 is 5.32 Å². The lowest BCUT2D eigenvalue weighted by Gasteiger charge is -2.20. The van der Waals surface area contributed by atoms with E-state index in [0.29, 0.717) is 0 Å². The van der Waals surface area contributed by atoms with Gasteiger partial charge in [0.05, 0.1) is 0 Å². The molecule has 2 aromatic rings. The van der Waals surface area contributed by atoms with Crippen LogP contribution in [0.4, 0.5) is 4.39 Å². The van der Waals surface area contributed by atoms with Crippen molar-refractivity contribution in [2.24, 2.45) is 0 Å². The number of hydrogen-bond donors (Lipinski definition) is 1. The van der Waals surface area contributed by atoms with Crippen LogP contribution in [0.2, 0.25) is 0 Å². The molecule has 2 rings (SSSR count). The molecule has 0 saturated heterocycles. The fourth-order valence-corrected chi connectivity index (χ4v) is 2.96. The lowest BCUT2D eigenvalue weighted by molar-refractivity contribution is 0.484. The first kappa shape index (κ1) is 16.2. The lowest BCUT2D eigenvalue weighted by atomic mass is 9.96. The molecule has 1 atom stereocenters. The van der Waals surface area contributed by atoms with Crippen molar-refractivity contribution in [3.8, 4) is 0 Å². The zero-order valence-electron chi connectivity index (χ0n) is 12.5. The maximum atomic E-state index is 14.1. The fourth-order valence-electron chi connectivity index (χ4n) is 2.59. The van der Waals surface area contributed by atoms with Gasteiger partial charge in [0.2, 0.25) is 0 Å². The Hall–Kier alpha value is -1.19. The summed E-state index contributed by atoms with van der Waals surface area (Å²) in [6.07, 6.45) is 1.82. The lowest BCUT2D eigenvalue weighted by Crippen LogP contribution is -2.22. The predicted molar refractivity (Wildman–Crippen MR) is 90.0 cm³/mol. The number of rotatable bonds is 6. The normalized spacial score (nSPS) is 12.4. The minimum Gasteiger partial charge on any atom is -0.310 e. The summed E-state index contributed by atoms with van der Waals surface area (Å²) in [6.45, 7) is 5.00. The van der Waals surface area contributed by atoms with E-state index in [-0.39, 0.29) is 11.9 Å². The van der Waals surface area contributed by atoms with Crippen LogP contribution in [0.5, 0.6) is 0 Å². The fraction of sp³-hybridized carbons (Fsp3) is 0.333. The van der Waals surface area contributed by atoms with Crippen LogP contribution >= 0.6 is 15.9 Å². The van der Waals surface area contributed by atoms with Gasteiger partial charge in [-0.1, -0.05) is 47.1 Å². The number of benzene rings is 2. The second kappa shape index (κ2) is 7.71. The first-order chi connectivity index (χ1) is 10.1. The highest BCUT2D eigenvalue weighted by Gasteiger charge is 2.15. The van der Waals surface area contributed by atoms with E-state index in [9.17, 15) is 4.39 Å². The summed E-state index contributed by atoms with van der Waals surface area (Å²) in [5.74, 6) is -0.145. The van der Waals surface area contributed by atoms with Crippen molar-refractivity contribution in [2.45, 2.75) is 32.7 Å². The van der Waals surface area contributed by atoms with Gasteiger partial charge in [0.15, 0.2) is 0 Å². The quantitative estimate of drug-likeness (QED) is 0.757. The van der Waals surface area contributed by atoms with Crippen molar-refractivity contribution in [1.29, 1.82) is 0 Å². The Kier molecular flexibility index (Phi) is 5.95. The molecule has 0 heterocycles. The second-order valence-electron chi connectivity index (χ2n) is 5.24. The highest BCUT2D eigenvalue weighted by atomic mass is 79.9. The van der Waals surface area contributed by atoms with Crippen LogP contribution in [0.15, 0.2) is 46.9 Å². The third-order valence-corrected chi connectivity index (χ3v) is 4.24. The number of nitrogens with one attached hydrogen (secondary N) is 1. The highest BCUT2D eigenvalue weighted by Crippen LogP contribution is 2.25. The molecule has 21 heavy (non-hydrogen) atoms. The van der Waals surface area contributed by atoms with Crippen LogP contribution in [0.3, 0.4) is 0 Å². The molecule has 2 aromatic carbocycles. The summed E-state index contributed by atoms with van der Waals surface area (Å²) in [5.41, 5.74) is 3.36. The van der Waals surface area contributed by atoms with Gasteiger partial charge in [-0.25, -0.2) is 4.39 Å². The average molecular weight is 350 g/mol. The van der Waals surface area contributed by atoms with E-state index >= 15 is 0 Å². The van der Waals surface area contributed by atoms with Crippen LogP contribution in [0, 0.1) is 12.7 Å². The molecule has 0 bridgehead atoms. The van der Waals surface area contributed by atoms with Gasteiger partial charge < -0.3 is 5.32 Å². The third kappa shape index (κ3) is 4.39. The van der Waals surface area contributed by atoms with Gasteiger partial charge in [0.25, 0.3) is 0 Å². The number of hydrogen-bond acceptors (Lipinski definition) is 1. The molecule has 0 aliphatic carbocycles. The molecule has 1 unspecified atom stereocenters. The molecule has 1 N–H and O–H groups in total. The molecule has 0 aromatic heterocycles. The summed E-state index contributed by atoms with van der Waals surface area (Å²) < 4.78 is 15.0. The maximum absolute atomic E-state index is 14.1. The van der Waals surface area contributed by atoms with Crippen LogP contribution in [-0.4, -0.2) is 6.54 Å². The summed E-state index contributed by atoms with van der Waals surface area (Å²) >= 11 is 3.43. The molecule has 1 nitrogen and oxygen atoms in total. The van der Waals surface area contributed by atoms with Crippen molar-refractivity contribution in [3.05, 3.63) is 69.4 Å². The number of halogens is 2. The zero-order chi connectivity index (χ0) is 15.2. The third-order valence-electron chi connectivity index (χ3n) is 3.75. The predicted octanol–water partition coefficient (Wildman–Crippen LogP) is 5.18. The SMILES string of the molecule is CCNC(CCc1ccccc1C)c1cc(Br)ccc1F. The molecule has 0 fully saturated rings. The van der Waals surface area contributed by atoms with Gasteiger partial charge in [0, 0.05) is 16.1 Å². The second-order valence-corrected chi connectivity index (χ2v) is 6.16. The van der Waals surface area contributed by atoms with Crippen molar-refractivity contribution < 1.29 is 4.39 Å². The Balaban J connectivity index is 2.16. The molecule has 3 heteroatoms. The Bertz CT molecular complexity index is 598. The zero-order valence-corrected chi connectivity index (χ0v) is 14.1. The molecule has 0 aliphatic rings. The van der Waals surface area contributed by atoms with Gasteiger partial charge >= 0.3 is 0 Å². The monoisotopic (exact) mass is 349 g/mol. The van der Waals surface area contributed by atoms with E-state index in [1.54, 1.807) is 6.07 Å². The molecule has 0 spiro atoms. The smallest absolute Gasteiger partial charge is 0.128 e. The summed E-state index contributed by atoms with van der Waals surface area (Å²) in [5, 5.41) is 3.40. The largest absolute Gasteiger partial charge is 0.310 e. The molecule has 112 valence electrons. The Morgan fingerprint density at radius 1 is 1.19 bits per heavy atom. The standard InChI is InChI=1S/C18H21BrFN/c1-3-21-18(16-12-15(19)9-10-17(16)20)11-8-14-7-5-4-6-13(14)2/h4-7,9-10,12,18,21H,3,8,11H2,1-2H3. The van der Waals surface area contributed by atoms with Crippen molar-refractivity contribution in [2.75, 3.05) is 6.54 Å². The first-order valence-electron chi connectivity index (χ1n) is 7.34. The van der Waals surface area contributed by atoms with E-state index in [1.807, 2.05) is 6.07 Å². The number of aryl methyl sites for hydroxylation is 2. The van der Waals surface area contributed by atoms with E-state index in [1.165, 1.54) is 17.2 Å². The van der Waals surface area contributed by atoms with E-state index in [2.05, 4.69) is 59.4 Å². The average Bonchev–Trinajstić information content (AvgIpc) is 2.48. The molecular weight excluding hydrogens is 329 g/mol. The Morgan fingerprint density at radius 3 is 2.67 bits per heavy atom. The maximum Gasteiger partial charge on any atom is 0.128 e. The van der Waals surface area contributed by atoms with Gasteiger partial charge in [-0.2, -0.15) is 0 Å². The first-order valence-corrected chi connectivity index (χ1v) is 8.14. The van der Waals surface area contributed by atoms with E-state index in [4.69, 9.17) is 0 Å². The van der Waals surface area contributed by atoms with Crippen molar-refractivity contribution >= 4 is 15.9 Å². The summed E-state index contributed by atoms with van der Waals surface area (Å²) in [6, 6.07) is 13.6. The van der Waals surface area contributed by atoms with Crippen molar-refractivity contribution in [3.63, 3.8) is 0 Å². The van der Waals surface area contributed by atoms with E-state index in [0.717, 1.165) is 29.4 Å².